The van der Waals surface area contributed by atoms with E-state index >= 15 is 0 Å². The summed E-state index contributed by atoms with van der Waals surface area (Å²) in [5, 5.41) is 6.07. The number of methoxy groups -OCH3 is 1. The number of urea groups is 1. The van der Waals surface area contributed by atoms with Gasteiger partial charge >= 0.3 is 18.2 Å². The van der Waals surface area contributed by atoms with Gasteiger partial charge in [-0.1, -0.05) is 0 Å². The Balaban J connectivity index is 1.74. The second-order valence-electron chi connectivity index (χ2n) is 9.20. The molecule has 1 fully saturated rings. The number of amides is 2. The molecule has 4 rings (SSSR count). The standard InChI is InChI=1S/C26H30F3N7O4S/c1-4-30-25(38)34-21-12-18(23-33-20(15-41-23)26(27,28)29)19(14-31-21)17-11-16(24(37)39-3)13-32-22(17)40-10-9-36-7-5-35(2)6-8-36/h11-15H,4-10H2,1-3H3,(H2,30,31,34,38). The Morgan fingerprint density at radius 2 is 1.83 bits per heavy atom. The number of piperazine rings is 1. The van der Waals surface area contributed by atoms with Gasteiger partial charge in [0.1, 0.15) is 17.4 Å². The fraction of sp³-hybridized carbons (Fsp3) is 0.423. The Kier molecular flexibility index (Phi) is 9.73. The van der Waals surface area contributed by atoms with Crippen LogP contribution in [0.1, 0.15) is 23.0 Å². The molecule has 41 heavy (non-hydrogen) atoms. The largest absolute Gasteiger partial charge is 0.476 e. The van der Waals surface area contributed by atoms with Crippen molar-refractivity contribution in [2.24, 2.45) is 0 Å². The third-order valence-corrected chi connectivity index (χ3v) is 7.19. The van der Waals surface area contributed by atoms with Crippen LogP contribution in [0, 0.1) is 0 Å². The number of ether oxygens (including phenoxy) is 2. The second kappa shape index (κ2) is 13.2. The van der Waals surface area contributed by atoms with Gasteiger partial charge in [0.05, 0.1) is 12.7 Å². The normalized spacial score (nSPS) is 14.5. The molecule has 3 aromatic rings. The molecule has 0 unspecified atom stereocenters. The number of hydrogen-bond acceptors (Lipinski definition) is 10. The number of carbonyl (C=O) groups excluding carboxylic acids is 2. The van der Waals surface area contributed by atoms with Crippen LogP contribution in [0.3, 0.4) is 0 Å². The molecular weight excluding hydrogens is 563 g/mol. The van der Waals surface area contributed by atoms with Crippen LogP contribution < -0.4 is 15.4 Å². The lowest BCUT2D eigenvalue weighted by molar-refractivity contribution is -0.140. The van der Waals surface area contributed by atoms with Gasteiger partial charge in [0.25, 0.3) is 0 Å². The zero-order valence-electron chi connectivity index (χ0n) is 22.7. The summed E-state index contributed by atoms with van der Waals surface area (Å²) in [6.45, 7) is 6.68. The highest BCUT2D eigenvalue weighted by Crippen LogP contribution is 2.41. The zero-order chi connectivity index (χ0) is 29.6. The van der Waals surface area contributed by atoms with Crippen LogP contribution in [0.25, 0.3) is 21.7 Å². The van der Waals surface area contributed by atoms with Crippen molar-refractivity contribution in [2.75, 3.05) is 65.3 Å². The summed E-state index contributed by atoms with van der Waals surface area (Å²) in [5.74, 6) is -0.402. The van der Waals surface area contributed by atoms with Gasteiger partial charge in [-0.25, -0.2) is 24.5 Å². The molecule has 0 aromatic carbocycles. The van der Waals surface area contributed by atoms with E-state index < -0.39 is 23.9 Å². The highest BCUT2D eigenvalue weighted by molar-refractivity contribution is 7.13. The van der Waals surface area contributed by atoms with Crippen LogP contribution in [0.4, 0.5) is 23.8 Å². The van der Waals surface area contributed by atoms with Crippen molar-refractivity contribution in [1.29, 1.82) is 0 Å². The molecule has 2 N–H and O–H groups in total. The van der Waals surface area contributed by atoms with Gasteiger partial charge in [-0.2, -0.15) is 13.2 Å². The first kappa shape index (κ1) is 30.1. The molecule has 15 heteroatoms. The van der Waals surface area contributed by atoms with Gasteiger partial charge < -0.3 is 19.7 Å². The molecule has 0 saturated carbocycles. The van der Waals surface area contributed by atoms with Crippen molar-refractivity contribution in [3.05, 3.63) is 41.2 Å². The minimum Gasteiger partial charge on any atom is -0.476 e. The van der Waals surface area contributed by atoms with Gasteiger partial charge in [-0.3, -0.25) is 10.2 Å². The lowest BCUT2D eigenvalue weighted by atomic mass is 10.0. The average Bonchev–Trinajstić information content (AvgIpc) is 3.45. The Morgan fingerprint density at radius 1 is 1.07 bits per heavy atom. The second-order valence-corrected chi connectivity index (χ2v) is 10.1. The minimum absolute atomic E-state index is 0.0283. The predicted molar refractivity (Wildman–Crippen MR) is 147 cm³/mol. The smallest absolute Gasteiger partial charge is 0.434 e. The van der Waals surface area contributed by atoms with E-state index in [-0.39, 0.29) is 34.4 Å². The number of nitrogens with one attached hydrogen (secondary N) is 2. The summed E-state index contributed by atoms with van der Waals surface area (Å²) in [5.41, 5.74) is -0.0902. The quantitative estimate of drug-likeness (QED) is 0.357. The Hall–Kier alpha value is -3.82. The highest BCUT2D eigenvalue weighted by Gasteiger charge is 2.34. The molecule has 1 aliphatic rings. The number of alkyl halides is 3. The molecule has 0 aliphatic carbocycles. The Labute approximate surface area is 238 Å². The fourth-order valence-electron chi connectivity index (χ4n) is 4.10. The molecule has 0 atom stereocenters. The molecule has 220 valence electrons. The number of esters is 1. The van der Waals surface area contributed by atoms with Crippen molar-refractivity contribution in [3.8, 4) is 27.6 Å². The molecule has 2 amide bonds. The average molecular weight is 594 g/mol. The maximum absolute atomic E-state index is 13.4. The van der Waals surface area contributed by atoms with E-state index in [1.807, 2.05) is 0 Å². The van der Waals surface area contributed by atoms with Gasteiger partial charge in [0.15, 0.2) is 5.69 Å². The summed E-state index contributed by atoms with van der Waals surface area (Å²) in [6, 6.07) is 2.37. The first-order valence-corrected chi connectivity index (χ1v) is 13.7. The lowest BCUT2D eigenvalue weighted by Gasteiger charge is -2.32. The van der Waals surface area contributed by atoms with E-state index in [1.54, 1.807) is 6.92 Å². The highest BCUT2D eigenvalue weighted by atomic mass is 32.1. The molecule has 0 bridgehead atoms. The summed E-state index contributed by atoms with van der Waals surface area (Å²) in [6.07, 6.45) is -1.96. The van der Waals surface area contributed by atoms with Gasteiger partial charge in [0, 0.05) is 73.7 Å². The van der Waals surface area contributed by atoms with Crippen molar-refractivity contribution >= 4 is 29.2 Å². The van der Waals surface area contributed by atoms with Gasteiger partial charge in [-0.15, -0.1) is 11.3 Å². The van der Waals surface area contributed by atoms with Crippen LogP contribution in [0.2, 0.25) is 0 Å². The molecule has 0 spiro atoms. The number of rotatable bonds is 9. The number of pyridine rings is 2. The van der Waals surface area contributed by atoms with Crippen LogP contribution in [0.5, 0.6) is 5.88 Å². The van der Waals surface area contributed by atoms with Crippen LogP contribution in [-0.4, -0.2) is 96.8 Å². The number of carbonyl (C=O) groups is 2. The minimum atomic E-state index is -4.64. The Bertz CT molecular complexity index is 1380. The van der Waals surface area contributed by atoms with E-state index in [4.69, 9.17) is 9.47 Å². The summed E-state index contributed by atoms with van der Waals surface area (Å²) in [4.78, 5) is 41.4. The molecule has 11 nitrogen and oxygen atoms in total. The van der Waals surface area contributed by atoms with Crippen molar-refractivity contribution < 1.29 is 32.2 Å². The zero-order valence-corrected chi connectivity index (χ0v) is 23.6. The molecule has 1 saturated heterocycles. The fourth-order valence-corrected chi connectivity index (χ4v) is 4.95. The summed E-state index contributed by atoms with van der Waals surface area (Å²) < 4.78 is 51.1. The van der Waals surface area contributed by atoms with E-state index in [1.165, 1.54) is 31.6 Å². The SMILES string of the molecule is CCNC(=O)Nc1cc(-c2nc(C(F)(F)F)cs2)c(-c2cc(C(=O)OC)cnc2OCCN2CCN(C)CC2)cn1. The summed E-state index contributed by atoms with van der Waals surface area (Å²) >= 11 is 0.783. The number of aromatic nitrogens is 3. The topological polar surface area (TPSA) is 122 Å². The van der Waals surface area contributed by atoms with E-state index in [0.717, 1.165) is 42.9 Å². The van der Waals surface area contributed by atoms with Crippen molar-refractivity contribution in [2.45, 2.75) is 13.1 Å². The molecule has 1 aliphatic heterocycles. The maximum Gasteiger partial charge on any atom is 0.434 e. The maximum atomic E-state index is 13.4. The molecular formula is C26H30F3N7O4S. The van der Waals surface area contributed by atoms with E-state index in [0.29, 0.717) is 24.2 Å². The number of anilines is 1. The Morgan fingerprint density at radius 3 is 2.49 bits per heavy atom. The first-order chi connectivity index (χ1) is 19.6. The predicted octanol–water partition coefficient (Wildman–Crippen LogP) is 3.84. The van der Waals surface area contributed by atoms with Gasteiger partial charge in [0.2, 0.25) is 5.88 Å². The van der Waals surface area contributed by atoms with Crippen LogP contribution >= 0.6 is 11.3 Å². The van der Waals surface area contributed by atoms with Crippen molar-refractivity contribution in [1.82, 2.24) is 30.1 Å². The molecule has 0 radical (unpaired) electrons. The van der Waals surface area contributed by atoms with Gasteiger partial charge in [-0.05, 0) is 26.1 Å². The van der Waals surface area contributed by atoms with E-state index in [2.05, 4.69) is 42.4 Å². The number of halogens is 3. The van der Waals surface area contributed by atoms with Crippen LogP contribution in [0.15, 0.2) is 29.9 Å². The number of thiazole rings is 1. The lowest BCUT2D eigenvalue weighted by Crippen LogP contribution is -2.45. The number of likely N-dealkylation sites (N-methyl/N-ethyl adjacent to an activating group) is 1. The number of hydrogen-bond donors (Lipinski definition) is 2. The summed E-state index contributed by atoms with van der Waals surface area (Å²) in [7, 11) is 3.29. The van der Waals surface area contributed by atoms with Crippen LogP contribution in [-0.2, 0) is 10.9 Å². The molecule has 3 aromatic heterocycles. The third kappa shape index (κ3) is 7.68. The third-order valence-electron chi connectivity index (χ3n) is 6.31. The van der Waals surface area contributed by atoms with Crippen molar-refractivity contribution in [3.63, 3.8) is 0 Å². The molecule has 4 heterocycles. The monoisotopic (exact) mass is 593 g/mol. The number of nitrogens with zero attached hydrogens (tertiary/aromatic N) is 5. The first-order valence-electron chi connectivity index (χ1n) is 12.8. The van der Waals surface area contributed by atoms with E-state index in [9.17, 15) is 22.8 Å².